The number of aromatic nitrogens is 3. The van der Waals surface area contributed by atoms with Crippen molar-refractivity contribution in [1.29, 1.82) is 0 Å². The molecule has 1 aliphatic rings. The summed E-state index contributed by atoms with van der Waals surface area (Å²) in [6.45, 7) is 8.13. The summed E-state index contributed by atoms with van der Waals surface area (Å²) in [6, 6.07) is 27.8. The minimum atomic E-state index is -1.13. The van der Waals surface area contributed by atoms with Crippen molar-refractivity contribution in [1.82, 2.24) is 14.6 Å². The van der Waals surface area contributed by atoms with Gasteiger partial charge in [-0.05, 0) is 80.8 Å². The van der Waals surface area contributed by atoms with Crippen LogP contribution in [-0.4, -0.2) is 45.0 Å². The molecule has 0 bridgehead atoms. The molecule has 54 heavy (non-hydrogen) atoms. The van der Waals surface area contributed by atoms with Gasteiger partial charge in [0.2, 0.25) is 0 Å². The largest absolute Gasteiger partial charge is 0.493 e. The monoisotopic (exact) mass is 793 g/mol. The van der Waals surface area contributed by atoms with E-state index in [1.165, 1.54) is 19.2 Å². The summed E-state index contributed by atoms with van der Waals surface area (Å²) >= 11 is 3.50. The first-order valence-electron chi connectivity index (χ1n) is 17.7. The fraction of sp³-hybridized carbons (Fsp3) is 0.279. The second-order valence-electron chi connectivity index (χ2n) is 14.3. The predicted octanol–water partition coefficient (Wildman–Crippen LogP) is 9.50. The molecule has 0 aliphatic carbocycles. The smallest absolute Gasteiger partial charge is 0.339 e. The molecular formula is C43H41BrFN3O6. The molecular weight excluding hydrogens is 753 g/mol. The van der Waals surface area contributed by atoms with Crippen molar-refractivity contribution in [3.05, 3.63) is 125 Å². The number of fused-ring (bicyclic) bond motifs is 2. The molecule has 0 fully saturated rings. The first-order valence-corrected chi connectivity index (χ1v) is 18.8. The molecule has 2 aromatic heterocycles. The van der Waals surface area contributed by atoms with Crippen molar-refractivity contribution in [3.63, 3.8) is 0 Å². The Bertz CT molecular complexity index is 2350. The number of ether oxygens (including phenoxy) is 4. The molecule has 11 heteroatoms. The van der Waals surface area contributed by atoms with Gasteiger partial charge in [0.1, 0.15) is 23.9 Å². The van der Waals surface area contributed by atoms with Gasteiger partial charge in [0, 0.05) is 57.4 Å². The Balaban J connectivity index is 1.35. The summed E-state index contributed by atoms with van der Waals surface area (Å²) in [6.07, 6.45) is -1.39. The summed E-state index contributed by atoms with van der Waals surface area (Å²) < 4.78 is 40.0. The second kappa shape index (κ2) is 15.3. The summed E-state index contributed by atoms with van der Waals surface area (Å²) in [5, 5.41) is 16.7. The Hall–Kier alpha value is -5.10. The molecule has 4 aromatic carbocycles. The number of halogens is 2. The van der Waals surface area contributed by atoms with E-state index in [4.69, 9.17) is 29.0 Å². The number of hydrogen-bond donors (Lipinski definition) is 1. The molecule has 0 amide bonds. The number of hydrogen-bond acceptors (Lipinski definition) is 8. The summed E-state index contributed by atoms with van der Waals surface area (Å²) in [7, 11) is 1.33. The highest BCUT2D eigenvalue weighted by atomic mass is 79.9. The van der Waals surface area contributed by atoms with E-state index in [0.29, 0.717) is 63.9 Å². The first kappa shape index (κ1) is 37.2. The molecule has 3 heterocycles. The maximum Gasteiger partial charge on any atom is 0.339 e. The number of benzene rings is 4. The molecule has 6 aromatic rings. The van der Waals surface area contributed by atoms with Crippen molar-refractivity contribution in [3.8, 4) is 45.1 Å². The quantitative estimate of drug-likeness (QED) is 0.108. The molecule has 9 nitrogen and oxygen atoms in total. The Morgan fingerprint density at radius 3 is 2.56 bits per heavy atom. The molecule has 0 saturated carbocycles. The van der Waals surface area contributed by atoms with Gasteiger partial charge in [-0.1, -0.05) is 58.4 Å². The number of carbonyl (C=O) groups excluding carboxylic acids is 1. The van der Waals surface area contributed by atoms with Crippen LogP contribution >= 0.6 is 15.9 Å². The van der Waals surface area contributed by atoms with Gasteiger partial charge in [0.05, 0.1) is 36.8 Å². The molecule has 0 spiro atoms. The Morgan fingerprint density at radius 1 is 1.00 bits per heavy atom. The van der Waals surface area contributed by atoms with Crippen LogP contribution in [0.25, 0.3) is 39.3 Å². The van der Waals surface area contributed by atoms with Gasteiger partial charge in [0.15, 0.2) is 11.8 Å². The van der Waals surface area contributed by atoms with E-state index >= 15 is 0 Å². The third-order valence-corrected chi connectivity index (χ3v) is 9.87. The Kier molecular flexibility index (Phi) is 10.6. The molecule has 0 saturated heterocycles. The molecule has 1 aliphatic heterocycles. The lowest BCUT2D eigenvalue weighted by atomic mass is 9.95. The number of aliphatic hydroxyl groups is 1. The number of carbonyl (C=O) groups is 1. The summed E-state index contributed by atoms with van der Waals surface area (Å²) in [4.78, 5) is 18.4. The first-order chi connectivity index (χ1) is 25.9. The van der Waals surface area contributed by atoms with Crippen LogP contribution in [-0.2, 0) is 26.2 Å². The van der Waals surface area contributed by atoms with Gasteiger partial charge >= 0.3 is 5.97 Å². The van der Waals surface area contributed by atoms with Gasteiger partial charge in [-0.3, -0.25) is 0 Å². The molecule has 1 unspecified atom stereocenters. The normalized spacial score (nSPS) is 14.7. The second-order valence-corrected chi connectivity index (χ2v) is 14.8. The fourth-order valence-electron chi connectivity index (χ4n) is 6.74. The van der Waals surface area contributed by atoms with E-state index in [-0.39, 0.29) is 6.61 Å². The van der Waals surface area contributed by atoms with Gasteiger partial charge in [-0.25, -0.2) is 18.7 Å². The maximum absolute atomic E-state index is 14.6. The Labute approximate surface area is 321 Å². The average molecular weight is 795 g/mol. The zero-order valence-electron chi connectivity index (χ0n) is 30.7. The van der Waals surface area contributed by atoms with E-state index in [9.17, 15) is 14.3 Å². The number of methoxy groups -OCH3 is 1. The number of rotatable bonds is 10. The minimum Gasteiger partial charge on any atom is -0.493 e. The van der Waals surface area contributed by atoms with E-state index in [2.05, 4.69) is 22.0 Å². The van der Waals surface area contributed by atoms with Crippen molar-refractivity contribution in [2.24, 2.45) is 0 Å². The van der Waals surface area contributed by atoms with E-state index in [1.54, 1.807) is 10.6 Å². The van der Waals surface area contributed by atoms with E-state index < -0.39 is 29.6 Å². The van der Waals surface area contributed by atoms with E-state index in [1.807, 2.05) is 94.4 Å². The summed E-state index contributed by atoms with van der Waals surface area (Å²) in [5.41, 5.74) is 7.81. The molecule has 0 radical (unpaired) electrons. The van der Waals surface area contributed by atoms with Crippen LogP contribution < -0.4 is 9.47 Å². The summed E-state index contributed by atoms with van der Waals surface area (Å²) in [5.74, 6) is 0.0455. The van der Waals surface area contributed by atoms with Crippen molar-refractivity contribution < 1.29 is 33.2 Å². The standard InChI is InChI=1S/C43H41BrFN3O6/c1-25-39(41(42(50)51-5)54-43(2,3)4)40(30-12-15-36-33(20-30)35(49)16-17-52-36)48-38(46-25)22-34(47-48)29-11-7-10-28(19-29)32-14-13-31(45)21-37(32)53-24-27-9-6-8-26(18-27)23-44/h6-15,18-22,35,41,49H,16-17,23-24H2,1-5H3/t35?,41-/m0/s1. The molecule has 1 N–H and O–H groups in total. The zero-order chi connectivity index (χ0) is 38.1. The number of aliphatic hydroxyl groups excluding tert-OH is 1. The van der Waals surface area contributed by atoms with Crippen LogP contribution in [0.2, 0.25) is 0 Å². The van der Waals surface area contributed by atoms with Crippen LogP contribution in [0, 0.1) is 12.7 Å². The van der Waals surface area contributed by atoms with E-state index in [0.717, 1.165) is 33.1 Å². The highest BCUT2D eigenvalue weighted by Crippen LogP contribution is 2.41. The van der Waals surface area contributed by atoms with Gasteiger partial charge in [-0.2, -0.15) is 5.10 Å². The molecule has 7 rings (SSSR count). The van der Waals surface area contributed by atoms with Crippen LogP contribution in [0.3, 0.4) is 0 Å². The number of esters is 1. The highest BCUT2D eigenvalue weighted by molar-refractivity contribution is 9.08. The van der Waals surface area contributed by atoms with Crippen LogP contribution in [0.5, 0.6) is 11.5 Å². The number of aryl methyl sites for hydroxylation is 1. The topological polar surface area (TPSA) is 104 Å². The van der Waals surface area contributed by atoms with Crippen LogP contribution in [0.4, 0.5) is 4.39 Å². The maximum atomic E-state index is 14.6. The van der Waals surface area contributed by atoms with Gasteiger partial charge in [0.25, 0.3) is 0 Å². The SMILES string of the molecule is COC(=O)[C@@H](OC(C)(C)C)c1c(C)nc2cc(-c3cccc(-c4ccc(F)cc4OCc4cccc(CBr)c4)c3)nn2c1-c1ccc2c(c1)C(O)CCO2. The third kappa shape index (κ3) is 7.75. The Morgan fingerprint density at radius 2 is 1.78 bits per heavy atom. The van der Waals surface area contributed by atoms with Gasteiger partial charge in [-0.15, -0.1) is 0 Å². The zero-order valence-corrected chi connectivity index (χ0v) is 32.3. The number of alkyl halides is 1. The lowest BCUT2D eigenvalue weighted by Crippen LogP contribution is -2.30. The molecule has 278 valence electrons. The fourth-order valence-corrected chi connectivity index (χ4v) is 7.09. The minimum absolute atomic E-state index is 0.275. The molecule has 2 atom stereocenters. The lowest BCUT2D eigenvalue weighted by molar-refractivity contribution is -0.164. The van der Waals surface area contributed by atoms with Crippen molar-refractivity contribution in [2.75, 3.05) is 13.7 Å². The van der Waals surface area contributed by atoms with Crippen molar-refractivity contribution >= 4 is 27.5 Å². The lowest BCUT2D eigenvalue weighted by Gasteiger charge is -2.29. The van der Waals surface area contributed by atoms with Crippen LogP contribution in [0.1, 0.15) is 67.3 Å². The average Bonchev–Trinajstić information content (AvgIpc) is 3.59. The predicted molar refractivity (Wildman–Crippen MR) is 208 cm³/mol. The third-order valence-electron chi connectivity index (χ3n) is 9.22. The van der Waals surface area contributed by atoms with Gasteiger partial charge < -0.3 is 24.1 Å². The van der Waals surface area contributed by atoms with Crippen molar-refractivity contribution in [2.45, 2.75) is 63.9 Å². The van der Waals surface area contributed by atoms with Crippen LogP contribution in [0.15, 0.2) is 91.0 Å². The number of nitrogens with zero attached hydrogens (tertiary/aromatic N) is 3. The highest BCUT2D eigenvalue weighted by Gasteiger charge is 2.34.